The lowest BCUT2D eigenvalue weighted by atomic mass is 10.3. The van der Waals surface area contributed by atoms with Crippen molar-refractivity contribution in [2.75, 3.05) is 32.0 Å². The molecule has 0 atom stereocenters. The van der Waals surface area contributed by atoms with Crippen LogP contribution in [0.2, 0.25) is 0 Å². The fourth-order valence-corrected chi connectivity index (χ4v) is 4.15. The Hall–Kier alpha value is -2.23. The van der Waals surface area contributed by atoms with Crippen molar-refractivity contribution in [3.63, 3.8) is 0 Å². The Balaban J connectivity index is 1.94. The molecule has 8 nitrogen and oxygen atoms in total. The zero-order valence-electron chi connectivity index (χ0n) is 16.1. The largest absolute Gasteiger partial charge is 0.361 e. The van der Waals surface area contributed by atoms with E-state index >= 15 is 0 Å². The standard InChI is InChI=1S/C18H26N4O4S/c1-5-22(6-2)27(24,25)17-9-7-15(8-10-17)19-18(23)13-21(4)12-16-11-14(3)26-20-16/h7-11H,5-6,12-13H2,1-4H3,(H,19,23). The van der Waals surface area contributed by atoms with Crippen LogP contribution in [0.4, 0.5) is 5.69 Å². The first-order chi connectivity index (χ1) is 12.8. The zero-order chi connectivity index (χ0) is 20.0. The Morgan fingerprint density at radius 3 is 2.33 bits per heavy atom. The molecule has 2 rings (SSSR count). The topological polar surface area (TPSA) is 95.8 Å². The van der Waals surface area contributed by atoms with Gasteiger partial charge in [-0.15, -0.1) is 0 Å². The Morgan fingerprint density at radius 2 is 1.81 bits per heavy atom. The Morgan fingerprint density at radius 1 is 1.19 bits per heavy atom. The number of carbonyl (C=O) groups is 1. The van der Waals surface area contributed by atoms with E-state index in [-0.39, 0.29) is 17.3 Å². The van der Waals surface area contributed by atoms with Crippen LogP contribution in [0, 0.1) is 6.92 Å². The minimum absolute atomic E-state index is 0.172. The maximum absolute atomic E-state index is 12.5. The number of sulfonamides is 1. The number of aryl methyl sites for hydroxylation is 1. The SMILES string of the molecule is CCN(CC)S(=O)(=O)c1ccc(NC(=O)CN(C)Cc2cc(C)on2)cc1. The molecule has 0 aliphatic carbocycles. The summed E-state index contributed by atoms with van der Waals surface area (Å²) in [6.07, 6.45) is 0. The second kappa shape index (κ2) is 9.12. The van der Waals surface area contributed by atoms with Crippen LogP contribution in [0.1, 0.15) is 25.3 Å². The van der Waals surface area contributed by atoms with E-state index in [1.165, 1.54) is 16.4 Å². The third-order valence-corrected chi connectivity index (χ3v) is 6.07. The number of anilines is 1. The third-order valence-electron chi connectivity index (χ3n) is 4.00. The van der Waals surface area contributed by atoms with E-state index in [1.54, 1.807) is 26.0 Å². The molecule has 0 bridgehead atoms. The van der Waals surface area contributed by atoms with Crippen LogP contribution in [0.3, 0.4) is 0 Å². The molecule has 1 amide bonds. The second-order valence-electron chi connectivity index (χ2n) is 6.26. The normalized spacial score (nSPS) is 11.9. The lowest BCUT2D eigenvalue weighted by molar-refractivity contribution is -0.117. The highest BCUT2D eigenvalue weighted by atomic mass is 32.2. The van der Waals surface area contributed by atoms with E-state index < -0.39 is 10.0 Å². The monoisotopic (exact) mass is 394 g/mol. The van der Waals surface area contributed by atoms with Crippen molar-refractivity contribution < 1.29 is 17.7 Å². The summed E-state index contributed by atoms with van der Waals surface area (Å²) in [7, 11) is -1.69. The van der Waals surface area contributed by atoms with Crippen LogP contribution in [-0.2, 0) is 21.4 Å². The molecular formula is C18H26N4O4S. The average Bonchev–Trinajstić information content (AvgIpc) is 3.00. The highest BCUT2D eigenvalue weighted by Gasteiger charge is 2.21. The fraction of sp³-hybridized carbons (Fsp3) is 0.444. The van der Waals surface area contributed by atoms with E-state index in [4.69, 9.17) is 4.52 Å². The zero-order valence-corrected chi connectivity index (χ0v) is 16.9. The van der Waals surface area contributed by atoms with Crippen LogP contribution in [0.15, 0.2) is 39.8 Å². The number of hydrogen-bond acceptors (Lipinski definition) is 6. The number of likely N-dealkylation sites (N-methyl/N-ethyl adjacent to an activating group) is 1. The van der Waals surface area contributed by atoms with E-state index in [0.29, 0.717) is 25.3 Å². The summed E-state index contributed by atoms with van der Waals surface area (Å²) >= 11 is 0. The molecule has 0 aliphatic heterocycles. The number of carbonyl (C=O) groups excluding carboxylic acids is 1. The minimum atomic E-state index is -3.50. The predicted octanol–water partition coefficient (Wildman–Crippen LogP) is 2.08. The molecule has 1 N–H and O–H groups in total. The quantitative estimate of drug-likeness (QED) is 0.700. The van der Waals surface area contributed by atoms with Crippen molar-refractivity contribution in [3.8, 4) is 0 Å². The second-order valence-corrected chi connectivity index (χ2v) is 8.20. The van der Waals surface area contributed by atoms with Gasteiger partial charge in [0.25, 0.3) is 0 Å². The molecule has 1 heterocycles. The summed E-state index contributed by atoms with van der Waals surface area (Å²) in [5.41, 5.74) is 1.30. The molecule has 0 saturated heterocycles. The molecule has 0 radical (unpaired) electrons. The number of nitrogens with one attached hydrogen (secondary N) is 1. The van der Waals surface area contributed by atoms with Gasteiger partial charge in [-0.05, 0) is 38.2 Å². The molecule has 9 heteroatoms. The summed E-state index contributed by atoms with van der Waals surface area (Å²) < 4.78 is 31.3. The van der Waals surface area contributed by atoms with Gasteiger partial charge in [0, 0.05) is 31.4 Å². The lowest BCUT2D eigenvalue weighted by Crippen LogP contribution is -2.31. The molecule has 0 aliphatic rings. The van der Waals surface area contributed by atoms with Crippen molar-refractivity contribution >= 4 is 21.6 Å². The van der Waals surface area contributed by atoms with E-state index in [0.717, 1.165) is 11.5 Å². The van der Waals surface area contributed by atoms with Gasteiger partial charge in [-0.1, -0.05) is 19.0 Å². The average molecular weight is 394 g/mol. The van der Waals surface area contributed by atoms with Crippen LogP contribution >= 0.6 is 0 Å². The molecule has 1 aromatic heterocycles. The van der Waals surface area contributed by atoms with Gasteiger partial charge >= 0.3 is 0 Å². The molecule has 0 unspecified atom stereocenters. The maximum atomic E-state index is 12.5. The first-order valence-corrected chi connectivity index (χ1v) is 10.2. The van der Waals surface area contributed by atoms with Gasteiger partial charge in [0.1, 0.15) is 5.76 Å². The van der Waals surface area contributed by atoms with Gasteiger partial charge in [-0.25, -0.2) is 8.42 Å². The summed E-state index contributed by atoms with van der Waals surface area (Å²) in [6.45, 7) is 6.90. The highest BCUT2D eigenvalue weighted by molar-refractivity contribution is 7.89. The van der Waals surface area contributed by atoms with Gasteiger partial charge in [0.15, 0.2) is 0 Å². The van der Waals surface area contributed by atoms with Crippen LogP contribution < -0.4 is 5.32 Å². The fourth-order valence-electron chi connectivity index (χ4n) is 2.69. The number of nitrogens with zero attached hydrogens (tertiary/aromatic N) is 3. The predicted molar refractivity (Wildman–Crippen MR) is 103 cm³/mol. The summed E-state index contributed by atoms with van der Waals surface area (Å²) in [4.78, 5) is 14.2. The van der Waals surface area contributed by atoms with E-state index in [1.807, 2.05) is 24.9 Å². The number of rotatable bonds is 9. The number of amides is 1. The number of benzene rings is 1. The van der Waals surface area contributed by atoms with Gasteiger partial charge in [0.2, 0.25) is 15.9 Å². The Kier molecular flexibility index (Phi) is 7.11. The van der Waals surface area contributed by atoms with E-state index in [2.05, 4.69) is 10.5 Å². The van der Waals surface area contributed by atoms with Gasteiger partial charge < -0.3 is 9.84 Å². The molecule has 27 heavy (non-hydrogen) atoms. The van der Waals surface area contributed by atoms with Gasteiger partial charge in [-0.2, -0.15) is 4.31 Å². The smallest absolute Gasteiger partial charge is 0.243 e. The summed E-state index contributed by atoms with van der Waals surface area (Å²) in [6, 6.07) is 8.02. The van der Waals surface area contributed by atoms with Crippen LogP contribution in [0.5, 0.6) is 0 Å². The molecule has 1 aromatic carbocycles. The Labute approximate surface area is 160 Å². The maximum Gasteiger partial charge on any atom is 0.243 e. The molecule has 0 spiro atoms. The lowest BCUT2D eigenvalue weighted by Gasteiger charge is -2.18. The molecule has 0 fully saturated rings. The number of aromatic nitrogens is 1. The van der Waals surface area contributed by atoms with Gasteiger partial charge in [-0.3, -0.25) is 9.69 Å². The van der Waals surface area contributed by atoms with Crippen molar-refractivity contribution in [2.45, 2.75) is 32.2 Å². The highest BCUT2D eigenvalue weighted by Crippen LogP contribution is 2.18. The van der Waals surface area contributed by atoms with E-state index in [9.17, 15) is 13.2 Å². The van der Waals surface area contributed by atoms with Crippen molar-refractivity contribution in [2.24, 2.45) is 0 Å². The van der Waals surface area contributed by atoms with Gasteiger partial charge in [0.05, 0.1) is 17.1 Å². The third kappa shape index (κ3) is 5.62. The molecular weight excluding hydrogens is 368 g/mol. The van der Waals surface area contributed by atoms with Crippen molar-refractivity contribution in [3.05, 3.63) is 41.8 Å². The molecule has 2 aromatic rings. The van der Waals surface area contributed by atoms with Crippen LogP contribution in [0.25, 0.3) is 0 Å². The van der Waals surface area contributed by atoms with Crippen LogP contribution in [-0.4, -0.2) is 55.4 Å². The van der Waals surface area contributed by atoms with Crippen molar-refractivity contribution in [1.29, 1.82) is 0 Å². The Bertz CT molecular complexity index is 858. The van der Waals surface area contributed by atoms with Crippen molar-refractivity contribution in [1.82, 2.24) is 14.4 Å². The first-order valence-electron chi connectivity index (χ1n) is 8.77. The first kappa shape index (κ1) is 21.1. The summed E-state index contributed by atoms with van der Waals surface area (Å²) in [5, 5.41) is 6.67. The molecule has 0 saturated carbocycles. The summed E-state index contributed by atoms with van der Waals surface area (Å²) in [5.74, 6) is 0.527. The number of hydrogen-bond donors (Lipinski definition) is 1. The minimum Gasteiger partial charge on any atom is -0.361 e. The molecule has 148 valence electrons.